The second-order valence-corrected chi connectivity index (χ2v) is 6.74. The summed E-state index contributed by atoms with van der Waals surface area (Å²) in [4.78, 5) is 12.7. The Balaban J connectivity index is 0.00000243. The van der Waals surface area contributed by atoms with Crippen molar-refractivity contribution in [1.82, 2.24) is 20.1 Å². The first-order chi connectivity index (χ1) is 11.9. The Morgan fingerprint density at radius 1 is 1.48 bits per heavy atom. The zero-order valence-electron chi connectivity index (χ0n) is 14.4. The number of aliphatic hydroxyl groups is 1. The van der Waals surface area contributed by atoms with Gasteiger partial charge in [0.2, 0.25) is 11.8 Å². The summed E-state index contributed by atoms with van der Waals surface area (Å²) in [6.45, 7) is 6.25. The van der Waals surface area contributed by atoms with Crippen molar-refractivity contribution >= 4 is 11.8 Å². The Morgan fingerprint density at radius 2 is 2.28 bits per heavy atom. The average molecular weight is 345 g/mol. The van der Waals surface area contributed by atoms with E-state index in [9.17, 15) is 10.4 Å². The monoisotopic (exact) mass is 345 g/mol. The minimum Gasteiger partial charge on any atom is -0.392 e. The highest BCUT2D eigenvalue weighted by Gasteiger charge is 2.47. The van der Waals surface area contributed by atoms with Crippen molar-refractivity contribution in [3.8, 4) is 6.07 Å². The molecule has 25 heavy (non-hydrogen) atoms. The Kier molecular flexibility index (Phi) is 4.55. The van der Waals surface area contributed by atoms with Crippen LogP contribution < -0.4 is 10.6 Å². The van der Waals surface area contributed by atoms with Gasteiger partial charge >= 0.3 is 0 Å². The largest absolute Gasteiger partial charge is 0.392 e. The number of nitrogens with zero attached hydrogens (tertiary/aromatic N) is 5. The molecule has 1 unspecified atom stereocenters. The molecule has 2 aromatic rings. The van der Waals surface area contributed by atoms with Gasteiger partial charge in [-0.3, -0.25) is 0 Å². The van der Waals surface area contributed by atoms with Crippen LogP contribution in [-0.4, -0.2) is 43.9 Å². The lowest BCUT2D eigenvalue weighted by Gasteiger charge is -2.49. The van der Waals surface area contributed by atoms with Gasteiger partial charge in [-0.05, 0) is 6.42 Å². The van der Waals surface area contributed by atoms with Gasteiger partial charge in [0, 0.05) is 32.8 Å². The standard InChI is InChI=1S/C16H21N7O2.H2/c1-9-20-13(23-25-9)4-5-18-15-19-8-10(7-17)14(22-15)21-11-6-12(24)16(11,2)3;/h8,11-12,24H,4-6H2,1-3H3,(H2,18,19,21,22);1H/t11-,12?;/m1./s1. The maximum atomic E-state index is 9.86. The molecule has 1 fully saturated rings. The van der Waals surface area contributed by atoms with E-state index in [2.05, 4.69) is 36.8 Å². The average Bonchev–Trinajstić information content (AvgIpc) is 3.00. The highest BCUT2D eigenvalue weighted by Crippen LogP contribution is 2.42. The summed E-state index contributed by atoms with van der Waals surface area (Å²) in [7, 11) is 0. The van der Waals surface area contributed by atoms with E-state index in [0.29, 0.717) is 48.4 Å². The predicted molar refractivity (Wildman–Crippen MR) is 91.9 cm³/mol. The molecule has 9 nitrogen and oxygen atoms in total. The summed E-state index contributed by atoms with van der Waals surface area (Å²) in [5.41, 5.74) is 0.110. The van der Waals surface area contributed by atoms with Gasteiger partial charge in [-0.2, -0.15) is 15.2 Å². The summed E-state index contributed by atoms with van der Waals surface area (Å²) < 4.78 is 4.92. The Labute approximate surface area is 147 Å². The molecule has 2 aromatic heterocycles. The third-order valence-corrected chi connectivity index (χ3v) is 4.64. The number of anilines is 2. The summed E-state index contributed by atoms with van der Waals surface area (Å²) in [6, 6.07) is 2.14. The number of nitrogens with one attached hydrogen (secondary N) is 2. The molecule has 0 aromatic carbocycles. The lowest BCUT2D eigenvalue weighted by Crippen LogP contribution is -2.57. The minimum absolute atomic E-state index is 0. The zero-order chi connectivity index (χ0) is 18.0. The number of rotatable bonds is 6. The van der Waals surface area contributed by atoms with Gasteiger partial charge in [-0.1, -0.05) is 19.0 Å². The number of nitriles is 1. The Hall–Kier alpha value is -2.73. The number of aryl methyl sites for hydroxylation is 1. The van der Waals surface area contributed by atoms with Crippen LogP contribution in [0.5, 0.6) is 0 Å². The molecule has 3 N–H and O–H groups in total. The first-order valence-electron chi connectivity index (χ1n) is 8.15. The second kappa shape index (κ2) is 6.64. The van der Waals surface area contributed by atoms with Crippen molar-refractivity contribution in [2.75, 3.05) is 17.2 Å². The fourth-order valence-corrected chi connectivity index (χ4v) is 2.70. The van der Waals surface area contributed by atoms with E-state index in [0.717, 1.165) is 0 Å². The van der Waals surface area contributed by atoms with Crippen molar-refractivity contribution < 1.29 is 11.1 Å². The minimum atomic E-state index is -0.353. The van der Waals surface area contributed by atoms with Gasteiger partial charge in [0.1, 0.15) is 17.5 Å². The van der Waals surface area contributed by atoms with Crippen molar-refractivity contribution in [3.63, 3.8) is 0 Å². The fourth-order valence-electron chi connectivity index (χ4n) is 2.70. The molecule has 0 amide bonds. The van der Waals surface area contributed by atoms with Crippen LogP contribution in [0.1, 0.15) is 39.0 Å². The summed E-state index contributed by atoms with van der Waals surface area (Å²) in [5, 5.41) is 29.3. The van der Waals surface area contributed by atoms with Gasteiger partial charge in [0.25, 0.3) is 0 Å². The van der Waals surface area contributed by atoms with Crippen LogP contribution in [-0.2, 0) is 6.42 Å². The van der Waals surface area contributed by atoms with Gasteiger partial charge in [-0.25, -0.2) is 4.98 Å². The van der Waals surface area contributed by atoms with Crippen LogP contribution in [0.15, 0.2) is 10.7 Å². The molecular weight excluding hydrogens is 322 g/mol. The molecule has 9 heteroatoms. The molecule has 134 valence electrons. The molecule has 2 atom stereocenters. The SMILES string of the molecule is Cc1nc(CCNc2ncc(C#N)c(N[C@@H]3CC(O)C3(C)C)n2)no1.[HH]. The van der Waals surface area contributed by atoms with E-state index in [1.165, 1.54) is 6.20 Å². The van der Waals surface area contributed by atoms with Crippen LogP contribution in [0.2, 0.25) is 0 Å². The van der Waals surface area contributed by atoms with E-state index >= 15 is 0 Å². The van der Waals surface area contributed by atoms with Crippen molar-refractivity contribution in [1.29, 1.82) is 5.26 Å². The van der Waals surface area contributed by atoms with Gasteiger partial charge in [0.15, 0.2) is 5.82 Å². The molecule has 3 rings (SSSR count). The zero-order valence-corrected chi connectivity index (χ0v) is 14.4. The van der Waals surface area contributed by atoms with E-state index in [-0.39, 0.29) is 19.0 Å². The van der Waals surface area contributed by atoms with E-state index in [1.54, 1.807) is 6.92 Å². The topological polar surface area (TPSA) is 133 Å². The molecule has 0 saturated heterocycles. The number of aromatic nitrogens is 4. The van der Waals surface area contributed by atoms with Gasteiger partial charge < -0.3 is 20.3 Å². The van der Waals surface area contributed by atoms with Crippen molar-refractivity contribution in [3.05, 3.63) is 23.5 Å². The third-order valence-electron chi connectivity index (χ3n) is 4.64. The quantitative estimate of drug-likeness (QED) is 0.712. The van der Waals surface area contributed by atoms with E-state index in [4.69, 9.17) is 4.52 Å². The smallest absolute Gasteiger partial charge is 0.224 e. The lowest BCUT2D eigenvalue weighted by atomic mass is 9.64. The molecule has 0 bridgehead atoms. The maximum Gasteiger partial charge on any atom is 0.224 e. The van der Waals surface area contributed by atoms with Gasteiger partial charge in [0.05, 0.1) is 12.3 Å². The second-order valence-electron chi connectivity index (χ2n) is 6.74. The molecule has 0 radical (unpaired) electrons. The molecule has 1 aliphatic carbocycles. The third kappa shape index (κ3) is 3.53. The lowest BCUT2D eigenvalue weighted by molar-refractivity contribution is -0.0511. The molecule has 0 spiro atoms. The highest BCUT2D eigenvalue weighted by molar-refractivity contribution is 5.54. The maximum absolute atomic E-state index is 9.86. The summed E-state index contributed by atoms with van der Waals surface area (Å²) in [6.07, 6.45) is 2.33. The number of hydrogen-bond donors (Lipinski definition) is 3. The fraction of sp³-hybridized carbons (Fsp3) is 0.562. The molecule has 2 heterocycles. The van der Waals surface area contributed by atoms with Crippen LogP contribution in [0.4, 0.5) is 11.8 Å². The van der Waals surface area contributed by atoms with Crippen LogP contribution in [0, 0.1) is 23.7 Å². The first-order valence-corrected chi connectivity index (χ1v) is 8.15. The van der Waals surface area contributed by atoms with E-state index in [1.807, 2.05) is 13.8 Å². The van der Waals surface area contributed by atoms with Crippen molar-refractivity contribution in [2.45, 2.75) is 45.8 Å². The molecule has 1 aliphatic rings. The summed E-state index contributed by atoms with van der Waals surface area (Å²) in [5.74, 6) is 2.03. The Bertz CT molecular complexity index is 802. The molecule has 1 saturated carbocycles. The van der Waals surface area contributed by atoms with Crippen molar-refractivity contribution in [2.24, 2.45) is 5.41 Å². The van der Waals surface area contributed by atoms with Gasteiger partial charge in [-0.15, -0.1) is 0 Å². The van der Waals surface area contributed by atoms with Crippen LogP contribution >= 0.6 is 0 Å². The normalized spacial score (nSPS) is 21.2. The first kappa shape index (κ1) is 17.1. The Morgan fingerprint density at radius 3 is 2.88 bits per heavy atom. The number of aliphatic hydroxyl groups excluding tert-OH is 1. The predicted octanol–water partition coefficient (Wildman–Crippen LogP) is 1.51. The van der Waals surface area contributed by atoms with E-state index < -0.39 is 0 Å². The molecular formula is C16H23N7O2. The van der Waals surface area contributed by atoms with Crippen LogP contribution in [0.25, 0.3) is 0 Å². The molecule has 0 aliphatic heterocycles. The summed E-state index contributed by atoms with van der Waals surface area (Å²) >= 11 is 0. The highest BCUT2D eigenvalue weighted by atomic mass is 16.5. The van der Waals surface area contributed by atoms with Crippen LogP contribution in [0.3, 0.4) is 0 Å². The number of hydrogen-bond acceptors (Lipinski definition) is 9.